The molecular weight excluding hydrogens is 801 g/mol. The number of carbonyl (C=O) groups excluding carboxylic acids is 1. The average Bonchev–Trinajstić information content (AvgIpc) is 3.58. The number of aliphatic hydroxyl groups is 3. The summed E-state index contributed by atoms with van der Waals surface area (Å²) in [6.45, 7) is 16.3. The molecule has 6 aliphatic heterocycles. The van der Waals surface area contributed by atoms with Gasteiger partial charge in [-0.3, -0.25) is 4.79 Å². The molecule has 1 spiro atoms. The van der Waals surface area contributed by atoms with E-state index in [-0.39, 0.29) is 30.8 Å². The lowest BCUT2D eigenvalue weighted by Crippen LogP contribution is -2.58. The number of hydrogen-bond donors (Lipinski definition) is 3. The van der Waals surface area contributed by atoms with Crippen LogP contribution in [0.3, 0.4) is 0 Å². The predicted octanol–water partition coefficient (Wildman–Crippen LogP) is 5.60. The first-order chi connectivity index (χ1) is 29.5. The summed E-state index contributed by atoms with van der Waals surface area (Å²) in [5, 5.41) is 34.2. The highest BCUT2D eigenvalue weighted by Gasteiger charge is 2.60. The molecule has 7 aliphatic rings. The predicted molar refractivity (Wildman–Crippen MR) is 227 cm³/mol. The summed E-state index contributed by atoms with van der Waals surface area (Å²) >= 11 is 0. The van der Waals surface area contributed by atoms with Crippen LogP contribution in [0.5, 0.6) is 0 Å². The zero-order valence-corrected chi connectivity index (χ0v) is 38.5. The fourth-order valence-electron chi connectivity index (χ4n) is 11.0. The van der Waals surface area contributed by atoms with Crippen LogP contribution in [0.4, 0.5) is 0 Å². The second-order valence-electron chi connectivity index (χ2n) is 19.4. The number of aliphatic hydroxyl groups excluding tert-OH is 2. The molecule has 62 heavy (non-hydrogen) atoms. The van der Waals surface area contributed by atoms with Crippen LogP contribution in [0.25, 0.3) is 0 Å². The molecule has 14 heteroatoms. The molecule has 20 atom stereocenters. The van der Waals surface area contributed by atoms with Crippen LogP contribution in [0.1, 0.15) is 107 Å². The van der Waals surface area contributed by atoms with Crippen molar-refractivity contribution in [3.63, 3.8) is 0 Å². The minimum absolute atomic E-state index is 0.00708. The molecule has 0 amide bonds. The van der Waals surface area contributed by atoms with Crippen LogP contribution < -0.4 is 0 Å². The smallest absolute Gasteiger partial charge is 0.316 e. The number of esters is 1. The van der Waals surface area contributed by atoms with Crippen molar-refractivity contribution in [3.8, 4) is 0 Å². The Bertz CT molecular complexity index is 1680. The van der Waals surface area contributed by atoms with Gasteiger partial charge in [0, 0.05) is 52.2 Å². The molecular formula is C48H74O14. The van der Waals surface area contributed by atoms with Gasteiger partial charge < -0.3 is 62.7 Å². The second kappa shape index (κ2) is 19.8. The molecule has 7 rings (SSSR count). The molecule has 0 aromatic carbocycles. The summed E-state index contributed by atoms with van der Waals surface area (Å²) in [6.07, 6.45) is 6.53. The average molecular weight is 875 g/mol. The maximum Gasteiger partial charge on any atom is 0.316 e. The highest BCUT2D eigenvalue weighted by molar-refractivity contribution is 5.78. The van der Waals surface area contributed by atoms with Gasteiger partial charge in [0.2, 0.25) is 0 Å². The van der Waals surface area contributed by atoms with Gasteiger partial charge in [-0.1, -0.05) is 64.5 Å². The lowest BCUT2D eigenvalue weighted by atomic mass is 9.71. The fourth-order valence-corrected chi connectivity index (χ4v) is 11.0. The molecule has 14 nitrogen and oxygen atoms in total. The summed E-state index contributed by atoms with van der Waals surface area (Å²) in [5.74, 6) is -2.10. The Kier molecular flexibility index (Phi) is 15.3. The molecule has 1 aliphatic carbocycles. The quantitative estimate of drug-likeness (QED) is 0.204. The molecule has 5 saturated heterocycles. The van der Waals surface area contributed by atoms with E-state index in [1.54, 1.807) is 40.2 Å². The summed E-state index contributed by atoms with van der Waals surface area (Å²) in [5.41, 5.74) is 0.188. The number of ether oxygens (including phenoxy) is 10. The molecule has 5 fully saturated rings. The van der Waals surface area contributed by atoms with Crippen LogP contribution in [-0.2, 0) is 52.2 Å². The van der Waals surface area contributed by atoms with Crippen molar-refractivity contribution in [2.45, 2.75) is 204 Å². The van der Waals surface area contributed by atoms with Crippen molar-refractivity contribution in [2.24, 2.45) is 23.7 Å². The topological polar surface area (TPSA) is 170 Å². The second-order valence-corrected chi connectivity index (χ2v) is 19.4. The summed E-state index contributed by atoms with van der Waals surface area (Å²) in [4.78, 5) is 14.4. The summed E-state index contributed by atoms with van der Waals surface area (Å²) < 4.78 is 63.9. The Morgan fingerprint density at radius 3 is 2.35 bits per heavy atom. The van der Waals surface area contributed by atoms with Crippen molar-refractivity contribution in [1.82, 2.24) is 0 Å². The Hall–Kier alpha value is -2.05. The van der Waals surface area contributed by atoms with Crippen molar-refractivity contribution < 1.29 is 67.5 Å². The first-order valence-electron chi connectivity index (χ1n) is 23.2. The van der Waals surface area contributed by atoms with Gasteiger partial charge >= 0.3 is 5.97 Å². The fraction of sp³-hybridized carbons (Fsp3) is 0.812. The highest BCUT2D eigenvalue weighted by Crippen LogP contribution is 2.48. The Morgan fingerprint density at radius 1 is 0.919 bits per heavy atom. The normalized spacial score (nSPS) is 49.4. The number of allylic oxidation sites excluding steroid dienone is 2. The number of rotatable bonds is 8. The van der Waals surface area contributed by atoms with E-state index in [0.29, 0.717) is 61.5 Å². The van der Waals surface area contributed by atoms with Crippen molar-refractivity contribution >= 4 is 5.97 Å². The molecule has 0 saturated carbocycles. The molecule has 0 unspecified atom stereocenters. The van der Waals surface area contributed by atoms with Gasteiger partial charge in [0.1, 0.15) is 42.0 Å². The SMILES string of the molecule is CC[C@H](C)[C@H]1O[C@]2(CC[C@@H]1C)C[C@@H]1C[C@@H](C/C=C(\C)[C@@H](O[C@H]3C[C@H](OC)[C@@H](O[C@H]4C[C@H](OC)[C@@H](O)[C@H](C)O4)[C@H](C)O3)[C@@H](C)/C=C\C=C3/CO[C@@H]4[C@H](O)C(C)=C[C@@H](C(=O)O1)[C@]34O)O2. The molecule has 6 heterocycles. The van der Waals surface area contributed by atoms with E-state index < -0.39 is 90.8 Å². The lowest BCUT2D eigenvalue weighted by molar-refractivity contribution is -0.340. The van der Waals surface area contributed by atoms with Gasteiger partial charge in [-0.15, -0.1) is 0 Å². The zero-order valence-electron chi connectivity index (χ0n) is 38.5. The van der Waals surface area contributed by atoms with E-state index in [4.69, 9.17) is 47.4 Å². The van der Waals surface area contributed by atoms with E-state index >= 15 is 0 Å². The first kappa shape index (κ1) is 47.9. The molecule has 2 bridgehead atoms. The van der Waals surface area contributed by atoms with Gasteiger partial charge in [-0.25, -0.2) is 0 Å². The van der Waals surface area contributed by atoms with Crippen LogP contribution in [0.2, 0.25) is 0 Å². The van der Waals surface area contributed by atoms with Gasteiger partial charge in [0.25, 0.3) is 0 Å². The van der Waals surface area contributed by atoms with E-state index in [9.17, 15) is 20.1 Å². The number of carbonyl (C=O) groups is 1. The first-order valence-corrected chi connectivity index (χ1v) is 23.2. The van der Waals surface area contributed by atoms with Gasteiger partial charge in [-0.05, 0) is 69.1 Å². The van der Waals surface area contributed by atoms with Crippen LogP contribution in [-0.4, -0.2) is 139 Å². The largest absolute Gasteiger partial charge is 0.462 e. The van der Waals surface area contributed by atoms with Gasteiger partial charge in [0.05, 0.1) is 49.3 Å². The van der Waals surface area contributed by atoms with E-state index in [1.165, 1.54) is 0 Å². The van der Waals surface area contributed by atoms with Crippen LogP contribution in [0.15, 0.2) is 47.1 Å². The van der Waals surface area contributed by atoms with Crippen LogP contribution >= 0.6 is 0 Å². The lowest BCUT2D eigenvalue weighted by Gasteiger charge is -2.51. The van der Waals surface area contributed by atoms with Crippen molar-refractivity contribution in [3.05, 3.63) is 47.1 Å². The summed E-state index contributed by atoms with van der Waals surface area (Å²) in [7, 11) is 3.23. The van der Waals surface area contributed by atoms with E-state index in [2.05, 4.69) is 40.7 Å². The summed E-state index contributed by atoms with van der Waals surface area (Å²) in [6, 6.07) is 0. The van der Waals surface area contributed by atoms with Crippen molar-refractivity contribution in [1.29, 1.82) is 0 Å². The monoisotopic (exact) mass is 875 g/mol. The molecule has 0 aromatic rings. The number of methoxy groups -OCH3 is 2. The van der Waals surface area contributed by atoms with E-state index in [1.807, 2.05) is 19.1 Å². The Morgan fingerprint density at radius 2 is 1.63 bits per heavy atom. The minimum Gasteiger partial charge on any atom is -0.462 e. The molecule has 0 aromatic heterocycles. The molecule has 0 radical (unpaired) electrons. The van der Waals surface area contributed by atoms with E-state index in [0.717, 1.165) is 18.4 Å². The van der Waals surface area contributed by atoms with Gasteiger partial charge in [0.15, 0.2) is 18.4 Å². The molecule has 350 valence electrons. The standard InChI is InChI=1S/C48H74O14/c1-11-25(2)43-28(5)17-18-47(62-43)23-34-20-33(61-47)16-15-27(4)42(26(3)13-12-14-32-24-55-45-40(49)29(6)19-35(46(51)58-34)48(32,45)52)59-39-22-37(54-10)44(31(8)57-39)60-38-21-36(53-9)41(50)30(7)56-38/h12-15,19,25-26,28,30-31,33-45,49-50,52H,11,16-18,20-24H2,1-10H3/b13-12-,27-15+,32-14+/t25-,26-,28-,30-,31-,33+,34-,35-,36-,37-,38-,39-,40+,41-,42-,43+,44-,45+,47+,48+/m0/s1. The maximum atomic E-state index is 14.4. The number of fused-ring (bicyclic) bond motifs is 2. The Labute approximate surface area is 368 Å². The zero-order chi connectivity index (χ0) is 44.7. The maximum absolute atomic E-state index is 14.4. The van der Waals surface area contributed by atoms with Crippen LogP contribution in [0, 0.1) is 23.7 Å². The third-order valence-corrected chi connectivity index (χ3v) is 14.9. The molecule has 3 N–H and O–H groups in total. The highest BCUT2D eigenvalue weighted by atomic mass is 16.7. The minimum atomic E-state index is -1.82. The Balaban J connectivity index is 1.18. The number of hydrogen-bond acceptors (Lipinski definition) is 14. The third-order valence-electron chi connectivity index (χ3n) is 14.9. The van der Waals surface area contributed by atoms with Crippen molar-refractivity contribution in [2.75, 3.05) is 20.8 Å². The third kappa shape index (κ3) is 9.73. The van der Waals surface area contributed by atoms with Gasteiger partial charge in [-0.2, -0.15) is 0 Å².